The molecule has 0 spiro atoms. The van der Waals surface area contributed by atoms with E-state index in [2.05, 4.69) is 5.32 Å². The summed E-state index contributed by atoms with van der Waals surface area (Å²) in [6, 6.07) is 8.86. The number of nitrogens with one attached hydrogen (secondary N) is 1. The van der Waals surface area contributed by atoms with Gasteiger partial charge < -0.3 is 9.87 Å². The lowest BCUT2D eigenvalue weighted by Gasteiger charge is -2.03. The Kier molecular flexibility index (Phi) is 5.00. The van der Waals surface area contributed by atoms with E-state index in [0.717, 1.165) is 0 Å². The normalized spacial score (nSPS) is 12.1. The fourth-order valence-corrected chi connectivity index (χ4v) is 1.48. The van der Waals surface area contributed by atoms with Crippen LogP contribution in [0.1, 0.15) is 16.8 Å². The van der Waals surface area contributed by atoms with Crippen LogP contribution in [-0.4, -0.2) is 27.0 Å². The van der Waals surface area contributed by atoms with Gasteiger partial charge in [-0.25, -0.2) is 4.21 Å². The SMILES string of the molecule is O=C(NCCCS(=O)O)c1ccccc1. The number of amides is 1. The maximum absolute atomic E-state index is 11.4. The first kappa shape index (κ1) is 11.9. The zero-order chi connectivity index (χ0) is 11.1. The summed E-state index contributed by atoms with van der Waals surface area (Å²) in [5.41, 5.74) is 0.600. The highest BCUT2D eigenvalue weighted by atomic mass is 32.2. The van der Waals surface area contributed by atoms with E-state index in [1.165, 1.54) is 0 Å². The van der Waals surface area contributed by atoms with E-state index in [-0.39, 0.29) is 11.7 Å². The van der Waals surface area contributed by atoms with Gasteiger partial charge in [0.25, 0.3) is 5.91 Å². The second-order valence-corrected chi connectivity index (χ2v) is 4.05. The molecule has 0 fully saturated rings. The number of hydrogen-bond donors (Lipinski definition) is 2. The van der Waals surface area contributed by atoms with E-state index >= 15 is 0 Å². The van der Waals surface area contributed by atoms with Gasteiger partial charge in [-0.2, -0.15) is 0 Å². The molecule has 0 saturated heterocycles. The van der Waals surface area contributed by atoms with E-state index in [1.807, 2.05) is 6.07 Å². The van der Waals surface area contributed by atoms with Crippen molar-refractivity contribution in [1.82, 2.24) is 5.32 Å². The van der Waals surface area contributed by atoms with Crippen molar-refractivity contribution in [3.05, 3.63) is 35.9 Å². The minimum atomic E-state index is -1.78. The van der Waals surface area contributed by atoms with Crippen LogP contribution in [0.25, 0.3) is 0 Å². The van der Waals surface area contributed by atoms with Gasteiger partial charge in [0.15, 0.2) is 11.1 Å². The third kappa shape index (κ3) is 4.71. The fraction of sp³-hybridized carbons (Fsp3) is 0.300. The predicted molar refractivity (Wildman–Crippen MR) is 59.0 cm³/mol. The first-order chi connectivity index (χ1) is 7.20. The second kappa shape index (κ2) is 6.31. The van der Waals surface area contributed by atoms with Crippen molar-refractivity contribution in [2.75, 3.05) is 12.3 Å². The molecule has 1 unspecified atom stereocenters. The Morgan fingerprint density at radius 1 is 1.33 bits per heavy atom. The number of rotatable bonds is 5. The molecule has 82 valence electrons. The van der Waals surface area contributed by atoms with Crippen LogP contribution in [0.2, 0.25) is 0 Å². The zero-order valence-electron chi connectivity index (χ0n) is 8.18. The van der Waals surface area contributed by atoms with E-state index < -0.39 is 11.1 Å². The molecule has 1 amide bonds. The molecule has 0 aliphatic rings. The molecule has 1 aromatic carbocycles. The monoisotopic (exact) mass is 227 g/mol. The molecule has 4 nitrogen and oxygen atoms in total. The minimum Gasteiger partial charge on any atom is -0.352 e. The number of benzene rings is 1. The summed E-state index contributed by atoms with van der Waals surface area (Å²) < 4.78 is 18.8. The average Bonchev–Trinajstić information content (AvgIpc) is 2.25. The maximum Gasteiger partial charge on any atom is 0.251 e. The highest BCUT2D eigenvalue weighted by Gasteiger charge is 2.02. The van der Waals surface area contributed by atoms with Gasteiger partial charge in [-0.3, -0.25) is 4.79 Å². The van der Waals surface area contributed by atoms with Gasteiger partial charge in [-0.15, -0.1) is 0 Å². The lowest BCUT2D eigenvalue weighted by molar-refractivity contribution is 0.0953. The van der Waals surface area contributed by atoms with Gasteiger partial charge >= 0.3 is 0 Å². The van der Waals surface area contributed by atoms with Gasteiger partial charge in [0.05, 0.1) is 5.75 Å². The minimum absolute atomic E-state index is 0.153. The van der Waals surface area contributed by atoms with Crippen molar-refractivity contribution in [2.24, 2.45) is 0 Å². The highest BCUT2D eigenvalue weighted by Crippen LogP contribution is 1.97. The molecule has 15 heavy (non-hydrogen) atoms. The molecule has 2 N–H and O–H groups in total. The quantitative estimate of drug-likeness (QED) is 0.583. The molecule has 0 saturated carbocycles. The van der Waals surface area contributed by atoms with Gasteiger partial charge in [-0.05, 0) is 18.6 Å². The van der Waals surface area contributed by atoms with Crippen LogP contribution in [0.4, 0.5) is 0 Å². The summed E-state index contributed by atoms with van der Waals surface area (Å²) >= 11 is -1.78. The molecular formula is C10H13NO3S. The van der Waals surface area contributed by atoms with Gasteiger partial charge in [0, 0.05) is 12.1 Å². The molecule has 0 heterocycles. The Hall–Kier alpha value is -1.20. The number of hydrogen-bond acceptors (Lipinski definition) is 2. The molecule has 0 aromatic heterocycles. The zero-order valence-corrected chi connectivity index (χ0v) is 9.00. The van der Waals surface area contributed by atoms with E-state index in [9.17, 15) is 9.00 Å². The summed E-state index contributed by atoms with van der Waals surface area (Å²) in [6.07, 6.45) is 0.502. The molecule has 0 aliphatic carbocycles. The largest absolute Gasteiger partial charge is 0.352 e. The number of carbonyl (C=O) groups is 1. The third-order valence-corrected chi connectivity index (χ3v) is 2.46. The lowest BCUT2D eigenvalue weighted by Crippen LogP contribution is -2.25. The standard InChI is InChI=1S/C10H13NO3S/c12-10(9-5-2-1-3-6-9)11-7-4-8-15(13)14/h1-3,5-6H,4,7-8H2,(H,11,12)(H,13,14). The van der Waals surface area contributed by atoms with Crippen LogP contribution in [0.15, 0.2) is 30.3 Å². The van der Waals surface area contributed by atoms with Gasteiger partial charge in [-0.1, -0.05) is 18.2 Å². The predicted octanol–water partition coefficient (Wildman–Crippen LogP) is 1.03. The summed E-state index contributed by atoms with van der Waals surface area (Å²) in [4.78, 5) is 11.4. The lowest BCUT2D eigenvalue weighted by atomic mass is 10.2. The maximum atomic E-state index is 11.4. The van der Waals surface area contributed by atoms with Crippen molar-refractivity contribution in [3.63, 3.8) is 0 Å². The third-order valence-electron chi connectivity index (χ3n) is 1.82. The number of carbonyl (C=O) groups excluding carboxylic acids is 1. The van der Waals surface area contributed by atoms with Crippen LogP contribution in [0, 0.1) is 0 Å². The van der Waals surface area contributed by atoms with Crippen molar-refractivity contribution < 1.29 is 13.6 Å². The molecule has 0 radical (unpaired) electrons. The van der Waals surface area contributed by atoms with Crippen LogP contribution in [0.5, 0.6) is 0 Å². The fourth-order valence-electron chi connectivity index (χ4n) is 1.09. The average molecular weight is 227 g/mol. The smallest absolute Gasteiger partial charge is 0.251 e. The summed E-state index contributed by atoms with van der Waals surface area (Å²) in [5, 5.41) is 2.67. The van der Waals surface area contributed by atoms with Gasteiger partial charge in [0.1, 0.15) is 0 Å². The van der Waals surface area contributed by atoms with E-state index in [1.54, 1.807) is 24.3 Å². The Bertz CT molecular complexity index is 340. The first-order valence-electron chi connectivity index (χ1n) is 4.61. The molecule has 1 aromatic rings. The summed E-state index contributed by atoms with van der Waals surface area (Å²) in [7, 11) is 0. The Morgan fingerprint density at radius 2 is 2.00 bits per heavy atom. The summed E-state index contributed by atoms with van der Waals surface area (Å²) in [6.45, 7) is 0.417. The second-order valence-electron chi connectivity index (χ2n) is 3.00. The first-order valence-corrected chi connectivity index (χ1v) is 5.88. The molecular weight excluding hydrogens is 214 g/mol. The van der Waals surface area contributed by atoms with Crippen molar-refractivity contribution in [3.8, 4) is 0 Å². The van der Waals surface area contributed by atoms with E-state index in [4.69, 9.17) is 4.55 Å². The Labute approximate surface area is 91.0 Å². The highest BCUT2D eigenvalue weighted by molar-refractivity contribution is 7.79. The topological polar surface area (TPSA) is 66.4 Å². The van der Waals surface area contributed by atoms with Crippen molar-refractivity contribution in [1.29, 1.82) is 0 Å². The summed E-state index contributed by atoms with van der Waals surface area (Å²) in [5.74, 6) is 0.0361. The molecule has 1 atom stereocenters. The van der Waals surface area contributed by atoms with Gasteiger partial charge in [0.2, 0.25) is 0 Å². The van der Waals surface area contributed by atoms with Crippen molar-refractivity contribution in [2.45, 2.75) is 6.42 Å². The Balaban J connectivity index is 2.28. The Morgan fingerprint density at radius 3 is 2.60 bits per heavy atom. The molecule has 0 aliphatic heterocycles. The molecule has 0 bridgehead atoms. The van der Waals surface area contributed by atoms with Crippen molar-refractivity contribution >= 4 is 17.0 Å². The van der Waals surface area contributed by atoms with Crippen LogP contribution in [0.3, 0.4) is 0 Å². The molecule has 1 rings (SSSR count). The van der Waals surface area contributed by atoms with E-state index in [0.29, 0.717) is 18.5 Å². The van der Waals surface area contributed by atoms with Crippen LogP contribution in [-0.2, 0) is 11.1 Å². The van der Waals surface area contributed by atoms with Crippen LogP contribution >= 0.6 is 0 Å². The van der Waals surface area contributed by atoms with Crippen LogP contribution < -0.4 is 5.32 Å². The molecule has 5 heteroatoms.